The Labute approximate surface area is 150 Å². The van der Waals surface area contributed by atoms with Gasteiger partial charge in [-0.1, -0.05) is 30.3 Å². The van der Waals surface area contributed by atoms with E-state index in [9.17, 15) is 14.7 Å². The van der Waals surface area contributed by atoms with E-state index in [2.05, 4.69) is 10.3 Å². The van der Waals surface area contributed by atoms with Gasteiger partial charge in [0.25, 0.3) is 5.91 Å². The van der Waals surface area contributed by atoms with Crippen molar-refractivity contribution >= 4 is 22.8 Å². The fourth-order valence-electron chi connectivity index (χ4n) is 2.67. The molecule has 132 valence electrons. The fourth-order valence-corrected chi connectivity index (χ4v) is 2.67. The first-order chi connectivity index (χ1) is 12.6. The first-order valence-corrected chi connectivity index (χ1v) is 8.08. The molecule has 0 bridgehead atoms. The molecule has 0 aliphatic carbocycles. The number of carboxylic acids is 1. The molecule has 0 aliphatic rings. The lowest BCUT2D eigenvalue weighted by molar-refractivity contribution is -0.139. The Morgan fingerprint density at radius 1 is 1.15 bits per heavy atom. The van der Waals surface area contributed by atoms with Crippen LogP contribution < -0.4 is 10.1 Å². The summed E-state index contributed by atoms with van der Waals surface area (Å²) in [6.07, 6.45) is 1.60. The summed E-state index contributed by atoms with van der Waals surface area (Å²) in [6.45, 7) is 0. The number of carboxylic acid groups (broad SMARTS) is 1. The van der Waals surface area contributed by atoms with E-state index < -0.39 is 17.9 Å². The summed E-state index contributed by atoms with van der Waals surface area (Å²) in [4.78, 5) is 28.3. The van der Waals surface area contributed by atoms with Crippen molar-refractivity contribution in [2.24, 2.45) is 0 Å². The van der Waals surface area contributed by atoms with Crippen LogP contribution in [0.1, 0.15) is 15.9 Å². The van der Waals surface area contributed by atoms with Gasteiger partial charge in [-0.3, -0.25) is 9.78 Å². The van der Waals surface area contributed by atoms with Crippen molar-refractivity contribution in [3.05, 3.63) is 71.9 Å². The van der Waals surface area contributed by atoms with E-state index in [-0.39, 0.29) is 6.42 Å². The summed E-state index contributed by atoms with van der Waals surface area (Å²) in [5.41, 5.74) is 1.85. The van der Waals surface area contributed by atoms with E-state index >= 15 is 0 Å². The summed E-state index contributed by atoms with van der Waals surface area (Å²) in [5, 5.41) is 12.9. The van der Waals surface area contributed by atoms with Crippen LogP contribution in [0.15, 0.2) is 60.8 Å². The minimum Gasteiger partial charge on any atom is -0.497 e. The third-order valence-corrected chi connectivity index (χ3v) is 4.03. The van der Waals surface area contributed by atoms with Crippen LogP contribution in [0.25, 0.3) is 10.9 Å². The second-order valence-corrected chi connectivity index (χ2v) is 5.84. The van der Waals surface area contributed by atoms with E-state index in [0.29, 0.717) is 11.3 Å². The Bertz CT molecular complexity index is 955. The highest BCUT2D eigenvalue weighted by atomic mass is 16.5. The van der Waals surface area contributed by atoms with Crippen molar-refractivity contribution in [2.45, 2.75) is 12.5 Å². The molecule has 0 fully saturated rings. The monoisotopic (exact) mass is 350 g/mol. The minimum absolute atomic E-state index is 0.152. The zero-order valence-corrected chi connectivity index (χ0v) is 14.2. The number of nitrogens with zero attached hydrogens (tertiary/aromatic N) is 1. The first kappa shape index (κ1) is 17.4. The molecule has 0 unspecified atom stereocenters. The molecule has 0 saturated carbocycles. The van der Waals surface area contributed by atoms with Crippen LogP contribution in [0.3, 0.4) is 0 Å². The lowest BCUT2D eigenvalue weighted by atomic mass is 10.0. The van der Waals surface area contributed by atoms with Gasteiger partial charge in [-0.05, 0) is 29.8 Å². The van der Waals surface area contributed by atoms with Crippen LogP contribution in [0.5, 0.6) is 5.75 Å². The number of methoxy groups -OCH3 is 1. The van der Waals surface area contributed by atoms with Crippen LogP contribution >= 0.6 is 0 Å². The number of para-hydroxylation sites is 1. The number of rotatable bonds is 6. The Balaban J connectivity index is 1.77. The van der Waals surface area contributed by atoms with Crippen LogP contribution in [0.2, 0.25) is 0 Å². The highest BCUT2D eigenvalue weighted by Gasteiger charge is 2.21. The van der Waals surface area contributed by atoms with Crippen molar-refractivity contribution in [1.29, 1.82) is 0 Å². The molecule has 0 saturated heterocycles. The van der Waals surface area contributed by atoms with Gasteiger partial charge in [-0.2, -0.15) is 0 Å². The normalized spacial score (nSPS) is 11.7. The third-order valence-electron chi connectivity index (χ3n) is 4.03. The SMILES string of the molecule is COc1cccc(C[C@H](NC(=O)c2cnc3ccccc3c2)C(=O)O)c1. The minimum atomic E-state index is -1.10. The van der Waals surface area contributed by atoms with Gasteiger partial charge in [0.1, 0.15) is 11.8 Å². The molecular formula is C20H18N2O4. The topological polar surface area (TPSA) is 88.5 Å². The predicted molar refractivity (Wildman–Crippen MR) is 97.3 cm³/mol. The number of hydrogen-bond acceptors (Lipinski definition) is 4. The molecule has 1 aromatic heterocycles. The molecule has 0 radical (unpaired) electrons. The largest absolute Gasteiger partial charge is 0.497 e. The number of amides is 1. The molecule has 6 heteroatoms. The van der Waals surface area contributed by atoms with Gasteiger partial charge >= 0.3 is 5.97 Å². The number of pyridine rings is 1. The summed E-state index contributed by atoms with van der Waals surface area (Å²) in [7, 11) is 1.54. The van der Waals surface area contributed by atoms with E-state index in [1.807, 2.05) is 24.3 Å². The number of fused-ring (bicyclic) bond motifs is 1. The number of carbonyl (C=O) groups is 2. The summed E-state index contributed by atoms with van der Waals surface area (Å²) in [5.74, 6) is -0.940. The lowest BCUT2D eigenvalue weighted by Crippen LogP contribution is -2.42. The Morgan fingerprint density at radius 3 is 2.73 bits per heavy atom. The van der Waals surface area contributed by atoms with Crippen LogP contribution in [-0.2, 0) is 11.2 Å². The highest BCUT2D eigenvalue weighted by Crippen LogP contribution is 2.15. The molecule has 3 aromatic rings. The van der Waals surface area contributed by atoms with Gasteiger partial charge in [-0.15, -0.1) is 0 Å². The maximum absolute atomic E-state index is 12.5. The molecule has 1 atom stereocenters. The van der Waals surface area contributed by atoms with Gasteiger partial charge in [0.05, 0.1) is 18.2 Å². The van der Waals surface area contributed by atoms with E-state index in [1.54, 1.807) is 37.4 Å². The Morgan fingerprint density at radius 2 is 1.96 bits per heavy atom. The Kier molecular flexibility index (Phi) is 5.12. The first-order valence-electron chi connectivity index (χ1n) is 8.08. The number of hydrogen-bond donors (Lipinski definition) is 2. The fraction of sp³-hybridized carbons (Fsp3) is 0.150. The Hall–Kier alpha value is -3.41. The van der Waals surface area contributed by atoms with Crippen molar-refractivity contribution < 1.29 is 19.4 Å². The molecule has 6 nitrogen and oxygen atoms in total. The van der Waals surface area contributed by atoms with Crippen molar-refractivity contribution in [3.63, 3.8) is 0 Å². The zero-order valence-electron chi connectivity index (χ0n) is 14.2. The maximum Gasteiger partial charge on any atom is 0.326 e. The average molecular weight is 350 g/mol. The quantitative estimate of drug-likeness (QED) is 0.713. The zero-order chi connectivity index (χ0) is 18.5. The lowest BCUT2D eigenvalue weighted by Gasteiger charge is -2.15. The van der Waals surface area contributed by atoms with Crippen LogP contribution in [0, 0.1) is 0 Å². The van der Waals surface area contributed by atoms with E-state index in [4.69, 9.17) is 4.74 Å². The molecular weight excluding hydrogens is 332 g/mol. The van der Waals surface area contributed by atoms with Gasteiger partial charge < -0.3 is 15.2 Å². The summed E-state index contributed by atoms with van der Waals surface area (Å²) in [6, 6.07) is 15.2. The smallest absolute Gasteiger partial charge is 0.326 e. The molecule has 2 N–H and O–H groups in total. The van der Waals surface area contributed by atoms with Crippen molar-refractivity contribution in [2.75, 3.05) is 7.11 Å². The standard InChI is InChI=1S/C20H18N2O4/c1-26-16-7-4-5-13(9-16)10-18(20(24)25)22-19(23)15-11-14-6-2-3-8-17(14)21-12-15/h2-9,11-12,18H,10H2,1H3,(H,22,23)(H,24,25)/t18-/m0/s1. The number of aromatic nitrogens is 1. The average Bonchev–Trinajstić information content (AvgIpc) is 2.67. The number of nitrogens with one attached hydrogen (secondary N) is 1. The van der Waals surface area contributed by atoms with Gasteiger partial charge in [0.15, 0.2) is 0 Å². The number of aliphatic carboxylic acids is 1. The molecule has 1 heterocycles. The predicted octanol–water partition coefficient (Wildman–Crippen LogP) is 2.67. The molecule has 0 spiro atoms. The van der Waals surface area contributed by atoms with E-state index in [1.165, 1.54) is 6.20 Å². The molecule has 26 heavy (non-hydrogen) atoms. The summed E-state index contributed by atoms with van der Waals surface area (Å²) >= 11 is 0. The third kappa shape index (κ3) is 3.97. The molecule has 1 amide bonds. The van der Waals surface area contributed by atoms with Gasteiger partial charge in [-0.25, -0.2) is 4.79 Å². The van der Waals surface area contributed by atoms with Crippen LogP contribution in [0.4, 0.5) is 0 Å². The van der Waals surface area contributed by atoms with Gasteiger partial charge in [0, 0.05) is 18.0 Å². The molecule has 3 rings (SSSR count). The van der Waals surface area contributed by atoms with Crippen molar-refractivity contribution in [3.8, 4) is 5.75 Å². The second-order valence-electron chi connectivity index (χ2n) is 5.84. The van der Waals surface area contributed by atoms with E-state index in [0.717, 1.165) is 16.5 Å². The number of carbonyl (C=O) groups excluding carboxylic acids is 1. The number of ether oxygens (including phenoxy) is 1. The molecule has 2 aromatic carbocycles. The van der Waals surface area contributed by atoms with Crippen LogP contribution in [-0.4, -0.2) is 35.1 Å². The highest BCUT2D eigenvalue weighted by molar-refractivity contribution is 5.99. The van der Waals surface area contributed by atoms with Crippen molar-refractivity contribution in [1.82, 2.24) is 10.3 Å². The second kappa shape index (κ2) is 7.65. The summed E-state index contributed by atoms with van der Waals surface area (Å²) < 4.78 is 5.15. The number of benzene rings is 2. The molecule has 0 aliphatic heterocycles. The van der Waals surface area contributed by atoms with Gasteiger partial charge in [0.2, 0.25) is 0 Å². The maximum atomic E-state index is 12.5.